The van der Waals surface area contributed by atoms with Crippen LogP contribution in [-0.4, -0.2) is 0 Å². The van der Waals surface area contributed by atoms with Gasteiger partial charge < -0.3 is 0 Å². The molecule has 0 N–H and O–H groups in total. The van der Waals surface area contributed by atoms with Gasteiger partial charge >= 0.3 is 0 Å². The Morgan fingerprint density at radius 1 is 0.647 bits per heavy atom. The fraction of sp³-hybridized carbons (Fsp3) is 0.706. The van der Waals surface area contributed by atoms with Crippen molar-refractivity contribution in [2.45, 2.75) is 77.6 Å². The van der Waals surface area contributed by atoms with E-state index in [1.54, 1.807) is 0 Å². The summed E-state index contributed by atoms with van der Waals surface area (Å²) < 4.78 is 0. The Hall–Kier alpha value is -0.520. The largest absolute Gasteiger partial charge is 0.0885 e. The molecule has 0 saturated heterocycles. The summed E-state index contributed by atoms with van der Waals surface area (Å²) in [5.41, 5.74) is 0. The van der Waals surface area contributed by atoms with Gasteiger partial charge in [-0.2, -0.15) is 0 Å². The van der Waals surface area contributed by atoms with Crippen LogP contribution < -0.4 is 0 Å². The first-order chi connectivity index (χ1) is 8.41. The first-order valence-electron chi connectivity index (χ1n) is 7.51. The standard InChI is InChI=1S/C17H31/c1-3-5-7-9-11-13-15-17-16-14-12-10-8-6-4-2/h9,11,14,16H,1,3-8,10,12-13,15,17H2,2H3. The zero-order chi connectivity index (χ0) is 12.6. The van der Waals surface area contributed by atoms with Crippen LogP contribution in [0.4, 0.5) is 0 Å². The summed E-state index contributed by atoms with van der Waals surface area (Å²) in [6.07, 6.45) is 23.4. The third-order valence-electron chi connectivity index (χ3n) is 2.92. The van der Waals surface area contributed by atoms with Crippen molar-refractivity contribution in [2.75, 3.05) is 0 Å². The fourth-order valence-corrected chi connectivity index (χ4v) is 1.78. The van der Waals surface area contributed by atoms with Crippen molar-refractivity contribution in [1.29, 1.82) is 0 Å². The van der Waals surface area contributed by atoms with Gasteiger partial charge in [-0.05, 0) is 44.9 Å². The molecule has 0 unspecified atom stereocenters. The van der Waals surface area contributed by atoms with Gasteiger partial charge in [0.1, 0.15) is 0 Å². The third-order valence-corrected chi connectivity index (χ3v) is 2.92. The van der Waals surface area contributed by atoms with E-state index >= 15 is 0 Å². The Morgan fingerprint density at radius 3 is 1.71 bits per heavy atom. The van der Waals surface area contributed by atoms with Crippen LogP contribution in [0.1, 0.15) is 77.6 Å². The molecule has 0 rings (SSSR count). The lowest BCUT2D eigenvalue weighted by atomic mass is 10.1. The molecule has 0 aliphatic rings. The molecule has 0 aromatic heterocycles. The molecule has 17 heavy (non-hydrogen) atoms. The molecule has 0 saturated carbocycles. The maximum absolute atomic E-state index is 3.84. The second-order valence-electron chi connectivity index (χ2n) is 4.72. The van der Waals surface area contributed by atoms with Crippen LogP contribution in [-0.2, 0) is 0 Å². The van der Waals surface area contributed by atoms with Crippen LogP contribution in [0.3, 0.4) is 0 Å². The number of hydrogen-bond acceptors (Lipinski definition) is 0. The van der Waals surface area contributed by atoms with Gasteiger partial charge in [-0.25, -0.2) is 0 Å². The van der Waals surface area contributed by atoms with Crippen molar-refractivity contribution >= 4 is 0 Å². The maximum Gasteiger partial charge on any atom is -0.0348 e. The quantitative estimate of drug-likeness (QED) is 0.277. The van der Waals surface area contributed by atoms with E-state index in [4.69, 9.17) is 0 Å². The SMILES string of the molecule is [CH2]CCCC=CCCCC=CCCCCCC. The van der Waals surface area contributed by atoms with Crippen molar-refractivity contribution in [3.63, 3.8) is 0 Å². The highest BCUT2D eigenvalue weighted by molar-refractivity contribution is 4.85. The van der Waals surface area contributed by atoms with E-state index < -0.39 is 0 Å². The monoisotopic (exact) mass is 235 g/mol. The summed E-state index contributed by atoms with van der Waals surface area (Å²) in [6.45, 7) is 6.10. The lowest BCUT2D eigenvalue weighted by molar-refractivity contribution is 0.673. The second-order valence-corrected chi connectivity index (χ2v) is 4.72. The molecule has 0 aromatic rings. The minimum absolute atomic E-state index is 1.06. The molecule has 0 aliphatic heterocycles. The zero-order valence-corrected chi connectivity index (χ0v) is 11.8. The molecule has 0 amide bonds. The Bertz CT molecular complexity index is 176. The average molecular weight is 235 g/mol. The summed E-state index contributed by atoms with van der Waals surface area (Å²) in [5, 5.41) is 0. The van der Waals surface area contributed by atoms with Gasteiger partial charge in [0.05, 0.1) is 0 Å². The number of hydrogen-bond donors (Lipinski definition) is 0. The highest BCUT2D eigenvalue weighted by Gasteiger charge is 1.85. The molecule has 0 aromatic carbocycles. The van der Waals surface area contributed by atoms with Gasteiger partial charge in [0.15, 0.2) is 0 Å². The second kappa shape index (κ2) is 15.5. The van der Waals surface area contributed by atoms with Crippen LogP contribution in [0.25, 0.3) is 0 Å². The Balaban J connectivity index is 3.11. The molecule has 0 aliphatic carbocycles. The first kappa shape index (κ1) is 16.5. The van der Waals surface area contributed by atoms with E-state index in [1.165, 1.54) is 64.2 Å². The molecular formula is C17H31. The third kappa shape index (κ3) is 15.5. The molecule has 1 radical (unpaired) electrons. The van der Waals surface area contributed by atoms with Crippen LogP contribution in [0.15, 0.2) is 24.3 Å². The Kier molecular flexibility index (Phi) is 15.0. The minimum Gasteiger partial charge on any atom is -0.0885 e. The molecule has 0 bridgehead atoms. The van der Waals surface area contributed by atoms with Crippen molar-refractivity contribution in [2.24, 2.45) is 0 Å². The van der Waals surface area contributed by atoms with Crippen molar-refractivity contribution in [3.8, 4) is 0 Å². The highest BCUT2D eigenvalue weighted by Crippen LogP contribution is 2.05. The summed E-state index contributed by atoms with van der Waals surface area (Å²) in [5.74, 6) is 0. The molecule has 0 heterocycles. The molecule has 0 heteroatoms. The molecule has 0 nitrogen and oxygen atoms in total. The summed E-state index contributed by atoms with van der Waals surface area (Å²) in [7, 11) is 0. The number of allylic oxidation sites excluding steroid dienone is 4. The minimum atomic E-state index is 1.06. The molecule has 99 valence electrons. The number of unbranched alkanes of at least 4 members (excludes halogenated alkanes) is 8. The normalized spacial score (nSPS) is 11.9. The van der Waals surface area contributed by atoms with E-state index in [-0.39, 0.29) is 0 Å². The molecule has 0 atom stereocenters. The fourth-order valence-electron chi connectivity index (χ4n) is 1.78. The van der Waals surface area contributed by atoms with Crippen molar-refractivity contribution in [3.05, 3.63) is 31.2 Å². The summed E-state index contributed by atoms with van der Waals surface area (Å²) in [4.78, 5) is 0. The van der Waals surface area contributed by atoms with Gasteiger partial charge in [-0.15, -0.1) is 0 Å². The smallest absolute Gasteiger partial charge is 0.0348 e. The summed E-state index contributed by atoms with van der Waals surface area (Å²) >= 11 is 0. The van der Waals surface area contributed by atoms with E-state index in [0.29, 0.717) is 0 Å². The van der Waals surface area contributed by atoms with Crippen molar-refractivity contribution < 1.29 is 0 Å². The molecule has 0 spiro atoms. The molecule has 0 fully saturated rings. The molecular weight excluding hydrogens is 204 g/mol. The summed E-state index contributed by atoms with van der Waals surface area (Å²) in [6, 6.07) is 0. The van der Waals surface area contributed by atoms with E-state index in [0.717, 1.165) is 6.42 Å². The van der Waals surface area contributed by atoms with Crippen LogP contribution in [0.2, 0.25) is 0 Å². The van der Waals surface area contributed by atoms with Gasteiger partial charge in [-0.1, -0.05) is 63.8 Å². The van der Waals surface area contributed by atoms with Gasteiger partial charge in [0.2, 0.25) is 0 Å². The van der Waals surface area contributed by atoms with Crippen LogP contribution >= 0.6 is 0 Å². The first-order valence-corrected chi connectivity index (χ1v) is 7.51. The van der Waals surface area contributed by atoms with Crippen LogP contribution in [0, 0.1) is 6.92 Å². The Morgan fingerprint density at radius 2 is 1.18 bits per heavy atom. The van der Waals surface area contributed by atoms with Crippen molar-refractivity contribution in [1.82, 2.24) is 0 Å². The predicted molar refractivity (Wildman–Crippen MR) is 80.1 cm³/mol. The van der Waals surface area contributed by atoms with E-state index in [9.17, 15) is 0 Å². The average Bonchev–Trinajstić information content (AvgIpc) is 2.35. The van der Waals surface area contributed by atoms with Gasteiger partial charge in [-0.3, -0.25) is 0 Å². The lowest BCUT2D eigenvalue weighted by Gasteiger charge is -1.94. The predicted octanol–water partition coefficient (Wildman–Crippen LogP) is 6.24. The Labute approximate surface area is 109 Å². The topological polar surface area (TPSA) is 0 Å². The zero-order valence-electron chi connectivity index (χ0n) is 11.8. The lowest BCUT2D eigenvalue weighted by Crippen LogP contribution is -1.74. The van der Waals surface area contributed by atoms with Crippen LogP contribution in [0.5, 0.6) is 0 Å². The number of rotatable bonds is 12. The van der Waals surface area contributed by atoms with Gasteiger partial charge in [0, 0.05) is 0 Å². The van der Waals surface area contributed by atoms with E-state index in [1.807, 2.05) is 0 Å². The van der Waals surface area contributed by atoms with Gasteiger partial charge in [0.25, 0.3) is 0 Å². The highest BCUT2D eigenvalue weighted by atomic mass is 13.9. The maximum atomic E-state index is 3.84. The van der Waals surface area contributed by atoms with E-state index in [2.05, 4.69) is 38.2 Å².